The van der Waals surface area contributed by atoms with Gasteiger partial charge in [-0.3, -0.25) is 4.79 Å². The van der Waals surface area contributed by atoms with Gasteiger partial charge < -0.3 is 16.0 Å². The molecule has 0 radical (unpaired) electrons. The lowest BCUT2D eigenvalue weighted by molar-refractivity contribution is 0.0963. The van der Waals surface area contributed by atoms with Crippen LogP contribution in [-0.2, 0) is 6.54 Å². The van der Waals surface area contributed by atoms with E-state index in [-0.39, 0.29) is 34.6 Å². The first-order valence-corrected chi connectivity index (χ1v) is 9.02. The topological polar surface area (TPSA) is 65.5 Å². The monoisotopic (exact) mass is 464 g/mol. The lowest BCUT2D eigenvalue weighted by Crippen LogP contribution is -2.43. The Hall–Kier alpha value is -0.960. The summed E-state index contributed by atoms with van der Waals surface area (Å²) < 4.78 is 0.158. The van der Waals surface area contributed by atoms with E-state index in [2.05, 4.69) is 48.0 Å². The maximum atomic E-state index is 11.5. The van der Waals surface area contributed by atoms with Crippen LogP contribution in [0.1, 0.15) is 36.7 Å². The van der Waals surface area contributed by atoms with Gasteiger partial charge in [0.2, 0.25) is 0 Å². The number of nitrogens with one attached hydrogen (secondary N) is 3. The molecule has 1 rings (SSSR count). The van der Waals surface area contributed by atoms with E-state index < -0.39 is 0 Å². The minimum atomic E-state index is -0.0747. The van der Waals surface area contributed by atoms with Crippen molar-refractivity contribution < 1.29 is 4.79 Å². The van der Waals surface area contributed by atoms with Crippen molar-refractivity contribution in [1.29, 1.82) is 0 Å². The van der Waals surface area contributed by atoms with Gasteiger partial charge in [0.1, 0.15) is 0 Å². The molecule has 0 saturated carbocycles. The van der Waals surface area contributed by atoms with Crippen molar-refractivity contribution in [1.82, 2.24) is 16.0 Å². The molecule has 0 saturated heterocycles. The van der Waals surface area contributed by atoms with Crippen LogP contribution < -0.4 is 16.0 Å². The molecule has 136 valence electrons. The van der Waals surface area contributed by atoms with Crippen molar-refractivity contribution in [2.75, 3.05) is 26.4 Å². The number of hydrogen-bond donors (Lipinski definition) is 3. The van der Waals surface area contributed by atoms with Gasteiger partial charge in [-0.05, 0) is 44.7 Å². The Kier molecular flexibility index (Phi) is 11.1. The number of amides is 1. The second-order valence-corrected chi connectivity index (χ2v) is 7.30. The van der Waals surface area contributed by atoms with Gasteiger partial charge in [0.15, 0.2) is 5.96 Å². The number of halogens is 1. The van der Waals surface area contributed by atoms with Gasteiger partial charge in [-0.2, -0.15) is 11.8 Å². The molecule has 1 aromatic carbocycles. The number of benzene rings is 1. The van der Waals surface area contributed by atoms with E-state index in [1.165, 1.54) is 0 Å². The predicted molar refractivity (Wildman–Crippen MR) is 116 cm³/mol. The molecule has 0 aromatic heterocycles. The predicted octanol–water partition coefficient (Wildman–Crippen LogP) is 2.86. The van der Waals surface area contributed by atoms with Gasteiger partial charge in [0.25, 0.3) is 5.91 Å². The van der Waals surface area contributed by atoms with Crippen molar-refractivity contribution in [3.8, 4) is 0 Å². The highest BCUT2D eigenvalue weighted by Gasteiger charge is 2.16. The molecule has 24 heavy (non-hydrogen) atoms. The summed E-state index contributed by atoms with van der Waals surface area (Å²) >= 11 is 1.82. The normalized spacial score (nSPS) is 11.5. The van der Waals surface area contributed by atoms with E-state index in [9.17, 15) is 4.79 Å². The lowest BCUT2D eigenvalue weighted by atomic mass is 10.1. The number of carbonyl (C=O) groups is 1. The zero-order valence-corrected chi connectivity index (χ0v) is 18.2. The molecular formula is C17H29IN4OS. The molecule has 0 aliphatic carbocycles. The smallest absolute Gasteiger partial charge is 0.251 e. The third-order valence-electron chi connectivity index (χ3n) is 3.44. The molecule has 3 N–H and O–H groups in total. The van der Waals surface area contributed by atoms with Gasteiger partial charge in [-0.15, -0.1) is 24.0 Å². The summed E-state index contributed by atoms with van der Waals surface area (Å²) in [5.41, 5.74) is 1.73. The largest absolute Gasteiger partial charge is 0.357 e. The highest BCUT2D eigenvalue weighted by atomic mass is 127. The second kappa shape index (κ2) is 11.6. The van der Waals surface area contributed by atoms with Crippen LogP contribution >= 0.6 is 35.7 Å². The fraction of sp³-hybridized carbons (Fsp3) is 0.529. The van der Waals surface area contributed by atoms with E-state index >= 15 is 0 Å². The summed E-state index contributed by atoms with van der Waals surface area (Å²) in [7, 11) is 1.63. The number of hydrogen-bond acceptors (Lipinski definition) is 3. The molecule has 0 aliphatic rings. The number of rotatable bonds is 7. The Morgan fingerprint density at radius 3 is 2.33 bits per heavy atom. The number of nitrogens with zero attached hydrogens (tertiary/aromatic N) is 1. The number of aliphatic imine (C=N–C) groups is 1. The highest BCUT2D eigenvalue weighted by molar-refractivity contribution is 14.0. The molecule has 0 aliphatic heterocycles. The average molecular weight is 464 g/mol. The lowest BCUT2D eigenvalue weighted by Gasteiger charge is -2.23. The summed E-state index contributed by atoms with van der Waals surface area (Å²) in [4.78, 5) is 16.1. The van der Waals surface area contributed by atoms with E-state index in [0.717, 1.165) is 24.6 Å². The van der Waals surface area contributed by atoms with Crippen molar-refractivity contribution >= 4 is 47.6 Å². The summed E-state index contributed by atoms with van der Waals surface area (Å²) in [6.45, 7) is 8.69. The van der Waals surface area contributed by atoms with Gasteiger partial charge in [0, 0.05) is 30.4 Å². The maximum absolute atomic E-state index is 11.5. The SMILES string of the molecule is CCNC(=NCc1ccc(C(=O)NC)cc1)NCC(C)(C)SC.I. The van der Waals surface area contributed by atoms with E-state index in [0.29, 0.717) is 12.1 Å². The highest BCUT2D eigenvalue weighted by Crippen LogP contribution is 2.19. The Morgan fingerprint density at radius 2 is 1.83 bits per heavy atom. The summed E-state index contributed by atoms with van der Waals surface area (Å²) in [5, 5.41) is 9.24. The Bertz CT molecular complexity index is 532. The fourth-order valence-corrected chi connectivity index (χ4v) is 2.00. The molecule has 0 spiro atoms. The van der Waals surface area contributed by atoms with Crippen LogP contribution in [0.4, 0.5) is 0 Å². The van der Waals surface area contributed by atoms with Crippen LogP contribution in [0.25, 0.3) is 0 Å². The fourth-order valence-electron chi connectivity index (χ4n) is 1.79. The maximum Gasteiger partial charge on any atom is 0.251 e. The summed E-state index contributed by atoms with van der Waals surface area (Å²) in [6.07, 6.45) is 2.11. The van der Waals surface area contributed by atoms with Gasteiger partial charge in [-0.25, -0.2) is 4.99 Å². The number of thioether (sulfide) groups is 1. The third-order valence-corrected chi connectivity index (χ3v) is 4.69. The van der Waals surface area contributed by atoms with Crippen LogP contribution in [0, 0.1) is 0 Å². The second-order valence-electron chi connectivity index (χ2n) is 5.79. The molecule has 7 heteroatoms. The molecular weight excluding hydrogens is 435 g/mol. The molecule has 0 atom stereocenters. The molecule has 0 heterocycles. The van der Waals surface area contributed by atoms with Crippen molar-refractivity contribution in [2.24, 2.45) is 4.99 Å². The van der Waals surface area contributed by atoms with Crippen LogP contribution in [0.2, 0.25) is 0 Å². The minimum Gasteiger partial charge on any atom is -0.357 e. The van der Waals surface area contributed by atoms with Gasteiger partial charge >= 0.3 is 0 Å². The first kappa shape index (κ1) is 23.0. The molecule has 0 unspecified atom stereocenters. The van der Waals surface area contributed by atoms with Crippen molar-refractivity contribution in [3.05, 3.63) is 35.4 Å². The van der Waals surface area contributed by atoms with Crippen LogP contribution in [-0.4, -0.2) is 43.0 Å². The molecule has 1 aromatic rings. The average Bonchev–Trinajstić information content (AvgIpc) is 2.57. The molecule has 0 fully saturated rings. The van der Waals surface area contributed by atoms with Crippen molar-refractivity contribution in [2.45, 2.75) is 32.1 Å². The zero-order valence-electron chi connectivity index (χ0n) is 15.1. The van der Waals surface area contributed by atoms with Crippen molar-refractivity contribution in [3.63, 3.8) is 0 Å². The van der Waals surface area contributed by atoms with Gasteiger partial charge in [0.05, 0.1) is 6.54 Å². The van der Waals surface area contributed by atoms with Gasteiger partial charge in [-0.1, -0.05) is 12.1 Å². The number of guanidine groups is 1. The Morgan fingerprint density at radius 1 is 1.21 bits per heavy atom. The minimum absolute atomic E-state index is 0. The third kappa shape index (κ3) is 8.23. The summed E-state index contributed by atoms with van der Waals surface area (Å²) in [6, 6.07) is 7.51. The first-order valence-electron chi connectivity index (χ1n) is 7.80. The Balaban J connectivity index is 0.00000529. The number of carbonyl (C=O) groups excluding carboxylic acids is 1. The van der Waals surface area contributed by atoms with Crippen LogP contribution in [0.3, 0.4) is 0 Å². The quantitative estimate of drug-likeness (QED) is 0.330. The summed E-state index contributed by atoms with van der Waals surface area (Å²) in [5.74, 6) is 0.736. The van der Waals surface area contributed by atoms with E-state index in [1.54, 1.807) is 7.05 Å². The zero-order chi connectivity index (χ0) is 17.3. The van der Waals surface area contributed by atoms with E-state index in [4.69, 9.17) is 0 Å². The van der Waals surface area contributed by atoms with Crippen LogP contribution in [0.5, 0.6) is 0 Å². The molecule has 5 nitrogen and oxygen atoms in total. The first-order chi connectivity index (χ1) is 10.9. The van der Waals surface area contributed by atoms with Crippen LogP contribution in [0.15, 0.2) is 29.3 Å². The van der Waals surface area contributed by atoms with E-state index in [1.807, 2.05) is 36.0 Å². The molecule has 0 bridgehead atoms. The molecule has 1 amide bonds. The standard InChI is InChI=1S/C17H28N4OS.HI/c1-6-19-16(21-12-17(2,3)23-5)20-11-13-7-9-14(10-8-13)15(22)18-4;/h7-10H,6,11-12H2,1-5H3,(H,18,22)(H2,19,20,21);1H. The Labute approximate surface area is 166 Å².